The summed E-state index contributed by atoms with van der Waals surface area (Å²) in [6.45, 7) is 3.42. The number of hydrogen-bond acceptors (Lipinski definition) is 4. The van der Waals surface area contributed by atoms with Gasteiger partial charge >= 0.3 is 5.76 Å². The zero-order valence-electron chi connectivity index (χ0n) is 9.12. The summed E-state index contributed by atoms with van der Waals surface area (Å²) in [7, 11) is 0. The third-order valence-electron chi connectivity index (χ3n) is 2.28. The quantitative estimate of drug-likeness (QED) is 0.704. The minimum absolute atomic E-state index is 0.133. The van der Waals surface area contributed by atoms with E-state index in [1.807, 2.05) is 25.1 Å². The first-order valence-electron chi connectivity index (χ1n) is 5.23. The van der Waals surface area contributed by atoms with Crippen molar-refractivity contribution in [3.8, 4) is 0 Å². The van der Waals surface area contributed by atoms with Crippen LogP contribution in [0, 0.1) is 0 Å². The first-order chi connectivity index (χ1) is 7.65. The number of nitrogens with two attached hydrogens (primary N) is 1. The Morgan fingerprint density at radius 1 is 1.56 bits per heavy atom. The summed E-state index contributed by atoms with van der Waals surface area (Å²) in [4.78, 5) is 13.5. The number of H-pyrrole nitrogens is 1. The van der Waals surface area contributed by atoms with E-state index in [1.165, 1.54) is 0 Å². The third-order valence-corrected chi connectivity index (χ3v) is 2.28. The lowest BCUT2D eigenvalue weighted by molar-refractivity contribution is 0.554. The molecule has 5 nitrogen and oxygen atoms in total. The molecule has 4 N–H and O–H groups in total. The van der Waals surface area contributed by atoms with Crippen molar-refractivity contribution in [1.82, 2.24) is 10.3 Å². The lowest BCUT2D eigenvalue weighted by Gasteiger charge is -2.07. The number of aromatic amines is 1. The minimum Gasteiger partial charge on any atom is -0.408 e. The van der Waals surface area contributed by atoms with E-state index >= 15 is 0 Å². The van der Waals surface area contributed by atoms with E-state index in [0.717, 1.165) is 17.6 Å². The van der Waals surface area contributed by atoms with Crippen molar-refractivity contribution in [2.24, 2.45) is 5.73 Å². The SMILES string of the molecule is CC(N)CNCc1ccc2[nH]c(=O)oc2c1. The van der Waals surface area contributed by atoms with Crippen molar-refractivity contribution in [2.75, 3.05) is 6.54 Å². The van der Waals surface area contributed by atoms with E-state index in [1.54, 1.807) is 0 Å². The van der Waals surface area contributed by atoms with Crippen LogP contribution in [-0.4, -0.2) is 17.6 Å². The van der Waals surface area contributed by atoms with Crippen LogP contribution in [0.3, 0.4) is 0 Å². The summed E-state index contributed by atoms with van der Waals surface area (Å²) >= 11 is 0. The molecule has 0 amide bonds. The molecule has 1 aromatic heterocycles. The van der Waals surface area contributed by atoms with Crippen molar-refractivity contribution in [3.63, 3.8) is 0 Å². The Balaban J connectivity index is 2.10. The lowest BCUT2D eigenvalue weighted by atomic mass is 10.2. The highest BCUT2D eigenvalue weighted by Crippen LogP contribution is 2.11. The van der Waals surface area contributed by atoms with E-state index in [2.05, 4.69) is 10.3 Å². The number of aromatic nitrogens is 1. The van der Waals surface area contributed by atoms with Crippen LogP contribution in [-0.2, 0) is 6.54 Å². The van der Waals surface area contributed by atoms with Gasteiger partial charge in [0.25, 0.3) is 0 Å². The standard InChI is InChI=1S/C11H15N3O2/c1-7(12)5-13-6-8-2-3-9-10(4-8)16-11(15)14-9/h2-4,7,13H,5-6,12H2,1H3,(H,14,15). The number of nitrogens with one attached hydrogen (secondary N) is 2. The predicted octanol–water partition coefficient (Wildman–Crippen LogP) is 0.558. The van der Waals surface area contributed by atoms with Crippen molar-refractivity contribution >= 4 is 11.1 Å². The van der Waals surface area contributed by atoms with Gasteiger partial charge in [-0.25, -0.2) is 4.79 Å². The van der Waals surface area contributed by atoms with E-state index in [4.69, 9.17) is 10.2 Å². The van der Waals surface area contributed by atoms with Gasteiger partial charge in [-0.2, -0.15) is 0 Å². The molecule has 0 spiro atoms. The Labute approximate surface area is 92.6 Å². The zero-order valence-corrected chi connectivity index (χ0v) is 9.12. The van der Waals surface area contributed by atoms with Crippen LogP contribution in [0.1, 0.15) is 12.5 Å². The van der Waals surface area contributed by atoms with Crippen LogP contribution in [0.5, 0.6) is 0 Å². The second kappa shape index (κ2) is 4.51. The molecule has 1 atom stereocenters. The van der Waals surface area contributed by atoms with Crippen LogP contribution in [0.25, 0.3) is 11.1 Å². The van der Waals surface area contributed by atoms with E-state index < -0.39 is 5.76 Å². The van der Waals surface area contributed by atoms with E-state index in [-0.39, 0.29) is 6.04 Å². The zero-order chi connectivity index (χ0) is 11.5. The molecule has 0 saturated carbocycles. The highest BCUT2D eigenvalue weighted by atomic mass is 16.4. The minimum atomic E-state index is -0.421. The molecule has 16 heavy (non-hydrogen) atoms. The lowest BCUT2D eigenvalue weighted by Crippen LogP contribution is -2.30. The molecule has 1 unspecified atom stereocenters. The molecule has 0 radical (unpaired) electrons. The second-order valence-corrected chi connectivity index (χ2v) is 3.95. The van der Waals surface area contributed by atoms with E-state index in [9.17, 15) is 4.79 Å². The van der Waals surface area contributed by atoms with Crippen LogP contribution in [0.15, 0.2) is 27.4 Å². The maximum Gasteiger partial charge on any atom is 0.417 e. The highest BCUT2D eigenvalue weighted by molar-refractivity contribution is 5.72. The monoisotopic (exact) mass is 221 g/mol. The van der Waals surface area contributed by atoms with Gasteiger partial charge in [0.1, 0.15) is 0 Å². The molecular formula is C11H15N3O2. The Morgan fingerprint density at radius 2 is 2.38 bits per heavy atom. The van der Waals surface area contributed by atoms with Crippen LogP contribution in [0.2, 0.25) is 0 Å². The van der Waals surface area contributed by atoms with Gasteiger partial charge in [-0.15, -0.1) is 0 Å². The Kier molecular flexibility index (Phi) is 3.07. The summed E-state index contributed by atoms with van der Waals surface area (Å²) < 4.78 is 4.97. The molecule has 5 heteroatoms. The fraction of sp³-hybridized carbons (Fsp3) is 0.364. The smallest absolute Gasteiger partial charge is 0.408 e. The summed E-state index contributed by atoms with van der Waals surface area (Å²) in [5.74, 6) is -0.421. The number of oxazole rings is 1. The Bertz CT molecular complexity index is 527. The molecule has 1 heterocycles. The molecule has 0 bridgehead atoms. The molecular weight excluding hydrogens is 206 g/mol. The predicted molar refractivity (Wildman–Crippen MR) is 62.2 cm³/mol. The molecule has 0 aliphatic carbocycles. The van der Waals surface area contributed by atoms with Crippen molar-refractivity contribution in [2.45, 2.75) is 19.5 Å². The van der Waals surface area contributed by atoms with Gasteiger partial charge in [0.15, 0.2) is 5.58 Å². The summed E-state index contributed by atoms with van der Waals surface area (Å²) in [5, 5.41) is 3.22. The van der Waals surface area contributed by atoms with E-state index in [0.29, 0.717) is 12.1 Å². The number of rotatable bonds is 4. The molecule has 0 aliphatic rings. The molecule has 0 fully saturated rings. The molecule has 86 valence electrons. The number of fused-ring (bicyclic) bond motifs is 1. The molecule has 0 aliphatic heterocycles. The van der Waals surface area contributed by atoms with Crippen molar-refractivity contribution in [3.05, 3.63) is 34.3 Å². The van der Waals surface area contributed by atoms with Crippen LogP contribution >= 0.6 is 0 Å². The maximum absolute atomic E-state index is 10.9. The normalized spacial score (nSPS) is 13.1. The highest BCUT2D eigenvalue weighted by Gasteiger charge is 2.02. The van der Waals surface area contributed by atoms with Crippen molar-refractivity contribution in [1.29, 1.82) is 0 Å². The second-order valence-electron chi connectivity index (χ2n) is 3.95. The van der Waals surface area contributed by atoms with Gasteiger partial charge in [-0.3, -0.25) is 4.98 Å². The van der Waals surface area contributed by atoms with Crippen LogP contribution in [0.4, 0.5) is 0 Å². The Hall–Kier alpha value is -1.59. The fourth-order valence-electron chi connectivity index (χ4n) is 1.54. The summed E-state index contributed by atoms with van der Waals surface area (Å²) in [6, 6.07) is 5.76. The van der Waals surface area contributed by atoms with Gasteiger partial charge in [0.2, 0.25) is 0 Å². The van der Waals surface area contributed by atoms with Gasteiger partial charge < -0.3 is 15.5 Å². The third kappa shape index (κ3) is 2.50. The first kappa shape index (κ1) is 10.9. The first-order valence-corrected chi connectivity index (χ1v) is 5.23. The van der Waals surface area contributed by atoms with Crippen LogP contribution < -0.4 is 16.8 Å². The van der Waals surface area contributed by atoms with Gasteiger partial charge in [-0.1, -0.05) is 6.07 Å². The van der Waals surface area contributed by atoms with Gasteiger partial charge in [0, 0.05) is 19.1 Å². The molecule has 2 aromatic rings. The molecule has 0 saturated heterocycles. The topological polar surface area (TPSA) is 84.0 Å². The Morgan fingerprint density at radius 3 is 3.12 bits per heavy atom. The summed E-state index contributed by atoms with van der Waals surface area (Å²) in [6.07, 6.45) is 0. The van der Waals surface area contributed by atoms with Gasteiger partial charge in [0.05, 0.1) is 5.52 Å². The average molecular weight is 221 g/mol. The van der Waals surface area contributed by atoms with Gasteiger partial charge in [-0.05, 0) is 24.6 Å². The fourth-order valence-corrected chi connectivity index (χ4v) is 1.54. The van der Waals surface area contributed by atoms with Crippen molar-refractivity contribution < 1.29 is 4.42 Å². The molecule has 2 rings (SSSR count). The summed E-state index contributed by atoms with van der Waals surface area (Å²) in [5.41, 5.74) is 8.00. The number of hydrogen-bond donors (Lipinski definition) is 3. The number of benzene rings is 1. The largest absolute Gasteiger partial charge is 0.417 e. The molecule has 1 aromatic carbocycles. The maximum atomic E-state index is 10.9. The average Bonchev–Trinajstić information content (AvgIpc) is 2.56.